The first-order valence-corrected chi connectivity index (χ1v) is 7.42. The van der Waals surface area contributed by atoms with Crippen molar-refractivity contribution in [1.82, 2.24) is 5.32 Å². The molecule has 0 aliphatic carbocycles. The molecule has 2 aromatic rings. The van der Waals surface area contributed by atoms with Crippen LogP contribution in [0.1, 0.15) is 15.9 Å². The third-order valence-corrected chi connectivity index (χ3v) is 3.33. The number of halogens is 1. The van der Waals surface area contributed by atoms with Gasteiger partial charge < -0.3 is 15.4 Å². The number of carbonyl (C=O) groups is 2. The van der Waals surface area contributed by atoms with Crippen molar-refractivity contribution in [2.24, 2.45) is 0 Å². The molecule has 2 rings (SSSR count). The molecule has 23 heavy (non-hydrogen) atoms. The van der Waals surface area contributed by atoms with Crippen molar-refractivity contribution in [2.75, 3.05) is 25.6 Å². The van der Waals surface area contributed by atoms with Gasteiger partial charge >= 0.3 is 6.03 Å². The Morgan fingerprint density at radius 3 is 2.52 bits per heavy atom. The minimum Gasteiger partial charge on any atom is -0.383 e. The molecule has 0 aliphatic heterocycles. The topological polar surface area (TPSA) is 67.4 Å². The zero-order chi connectivity index (χ0) is 16.7. The van der Waals surface area contributed by atoms with Gasteiger partial charge in [0.15, 0.2) is 5.78 Å². The van der Waals surface area contributed by atoms with E-state index in [4.69, 9.17) is 16.3 Å². The Morgan fingerprint density at radius 1 is 1.09 bits per heavy atom. The average molecular weight is 333 g/mol. The number of amides is 2. The van der Waals surface area contributed by atoms with Crippen LogP contribution in [0.15, 0.2) is 48.5 Å². The lowest BCUT2D eigenvalue weighted by Gasteiger charge is -2.08. The van der Waals surface area contributed by atoms with E-state index in [9.17, 15) is 9.59 Å². The van der Waals surface area contributed by atoms with Gasteiger partial charge in [-0.3, -0.25) is 4.79 Å². The van der Waals surface area contributed by atoms with Gasteiger partial charge in [-0.25, -0.2) is 4.79 Å². The van der Waals surface area contributed by atoms with Crippen molar-refractivity contribution in [3.63, 3.8) is 0 Å². The van der Waals surface area contributed by atoms with Crippen molar-refractivity contribution in [3.8, 4) is 0 Å². The quantitative estimate of drug-likeness (QED) is 0.629. The molecular weight excluding hydrogens is 316 g/mol. The van der Waals surface area contributed by atoms with Gasteiger partial charge in [0.1, 0.15) is 0 Å². The molecule has 0 atom stereocenters. The minimum absolute atomic E-state index is 0.134. The summed E-state index contributed by atoms with van der Waals surface area (Å²) in [4.78, 5) is 24.1. The molecule has 0 aliphatic rings. The first kappa shape index (κ1) is 17.0. The number of nitrogens with one attached hydrogen (secondary N) is 2. The molecule has 5 nitrogen and oxygen atoms in total. The Balaban J connectivity index is 2.05. The Kier molecular flexibility index (Phi) is 6.14. The lowest BCUT2D eigenvalue weighted by atomic mass is 10.0. The predicted molar refractivity (Wildman–Crippen MR) is 90.2 cm³/mol. The lowest BCUT2D eigenvalue weighted by molar-refractivity contribution is 0.103. The predicted octanol–water partition coefficient (Wildman–Crippen LogP) is 3.34. The van der Waals surface area contributed by atoms with Crippen LogP contribution in [0.2, 0.25) is 5.02 Å². The molecule has 2 aromatic carbocycles. The first-order valence-electron chi connectivity index (χ1n) is 7.04. The van der Waals surface area contributed by atoms with E-state index in [1.807, 2.05) is 0 Å². The smallest absolute Gasteiger partial charge is 0.319 e. The molecule has 0 radical (unpaired) electrons. The summed E-state index contributed by atoms with van der Waals surface area (Å²) in [5.74, 6) is -0.134. The molecule has 6 heteroatoms. The number of hydrogen-bond acceptors (Lipinski definition) is 3. The van der Waals surface area contributed by atoms with Crippen LogP contribution in [0.25, 0.3) is 0 Å². The maximum Gasteiger partial charge on any atom is 0.319 e. The summed E-state index contributed by atoms with van der Waals surface area (Å²) < 4.78 is 4.85. The number of benzene rings is 2. The highest BCUT2D eigenvalue weighted by atomic mass is 35.5. The summed E-state index contributed by atoms with van der Waals surface area (Å²) in [6.07, 6.45) is 0. The number of methoxy groups -OCH3 is 1. The van der Waals surface area contributed by atoms with E-state index < -0.39 is 0 Å². The average Bonchev–Trinajstić information content (AvgIpc) is 2.55. The van der Waals surface area contributed by atoms with E-state index in [-0.39, 0.29) is 11.8 Å². The second kappa shape index (κ2) is 8.31. The monoisotopic (exact) mass is 332 g/mol. The number of anilines is 1. The normalized spacial score (nSPS) is 10.2. The molecule has 0 saturated heterocycles. The van der Waals surface area contributed by atoms with Crippen molar-refractivity contribution < 1.29 is 14.3 Å². The third-order valence-electron chi connectivity index (χ3n) is 3.08. The maximum atomic E-state index is 12.4. The van der Waals surface area contributed by atoms with Gasteiger partial charge in [0.25, 0.3) is 0 Å². The van der Waals surface area contributed by atoms with Crippen LogP contribution < -0.4 is 10.6 Å². The number of ketones is 1. The zero-order valence-electron chi connectivity index (χ0n) is 12.6. The fourth-order valence-electron chi connectivity index (χ4n) is 1.95. The number of hydrogen-bond donors (Lipinski definition) is 2. The molecule has 0 bridgehead atoms. The summed E-state index contributed by atoms with van der Waals surface area (Å²) in [6.45, 7) is 0.842. The highest BCUT2D eigenvalue weighted by Gasteiger charge is 2.10. The standard InChI is InChI=1S/C17H17ClN2O3/c1-23-10-9-19-17(22)20-15-4-2-3-13(11-15)16(21)12-5-7-14(18)8-6-12/h2-8,11H,9-10H2,1H3,(H2,19,20,22). The molecule has 2 amide bonds. The third kappa shape index (κ3) is 5.09. The van der Waals surface area contributed by atoms with Crippen LogP contribution in [-0.4, -0.2) is 32.1 Å². The van der Waals surface area contributed by atoms with Gasteiger partial charge in [-0.2, -0.15) is 0 Å². The molecule has 2 N–H and O–H groups in total. The summed E-state index contributed by atoms with van der Waals surface area (Å²) in [5, 5.41) is 5.90. The highest BCUT2D eigenvalue weighted by Crippen LogP contribution is 2.17. The van der Waals surface area contributed by atoms with Crippen LogP contribution in [0.4, 0.5) is 10.5 Å². The van der Waals surface area contributed by atoms with E-state index in [0.717, 1.165) is 0 Å². The molecule has 120 valence electrons. The van der Waals surface area contributed by atoms with Crippen LogP contribution in [0.5, 0.6) is 0 Å². The Labute approximate surface area is 139 Å². The molecule has 0 aromatic heterocycles. The Hall–Kier alpha value is -2.37. The molecular formula is C17H17ClN2O3. The van der Waals surface area contributed by atoms with E-state index in [1.54, 1.807) is 55.6 Å². The number of rotatable bonds is 6. The van der Waals surface area contributed by atoms with Gasteiger partial charge in [0.2, 0.25) is 0 Å². The summed E-state index contributed by atoms with van der Waals surface area (Å²) in [6, 6.07) is 13.1. The van der Waals surface area contributed by atoms with Gasteiger partial charge in [0, 0.05) is 35.5 Å². The second-order valence-corrected chi connectivity index (χ2v) is 5.23. The highest BCUT2D eigenvalue weighted by molar-refractivity contribution is 6.30. The van der Waals surface area contributed by atoms with Gasteiger partial charge in [-0.05, 0) is 36.4 Å². The minimum atomic E-state index is -0.349. The zero-order valence-corrected chi connectivity index (χ0v) is 13.4. The SMILES string of the molecule is COCCNC(=O)Nc1cccc(C(=O)c2ccc(Cl)cc2)c1. The van der Waals surface area contributed by atoms with Crippen LogP contribution >= 0.6 is 11.6 Å². The molecule has 0 unspecified atom stereocenters. The van der Waals surface area contributed by atoms with Gasteiger partial charge in [0.05, 0.1) is 6.61 Å². The number of urea groups is 1. The van der Waals surface area contributed by atoms with Crippen molar-refractivity contribution >= 4 is 29.1 Å². The fourth-order valence-corrected chi connectivity index (χ4v) is 2.07. The van der Waals surface area contributed by atoms with E-state index in [0.29, 0.717) is 35.0 Å². The van der Waals surface area contributed by atoms with Crippen LogP contribution in [0, 0.1) is 0 Å². The Bertz CT molecular complexity index is 686. The molecule has 0 spiro atoms. The number of ether oxygens (including phenoxy) is 1. The van der Waals surface area contributed by atoms with Crippen molar-refractivity contribution in [2.45, 2.75) is 0 Å². The maximum absolute atomic E-state index is 12.4. The van der Waals surface area contributed by atoms with E-state index in [1.165, 1.54) is 0 Å². The van der Waals surface area contributed by atoms with Gasteiger partial charge in [-0.15, -0.1) is 0 Å². The van der Waals surface area contributed by atoms with Crippen LogP contribution in [0.3, 0.4) is 0 Å². The molecule has 0 heterocycles. The first-order chi connectivity index (χ1) is 11.1. The summed E-state index contributed by atoms with van der Waals surface area (Å²) >= 11 is 5.82. The Morgan fingerprint density at radius 2 is 1.83 bits per heavy atom. The van der Waals surface area contributed by atoms with Crippen LogP contribution in [-0.2, 0) is 4.74 Å². The molecule has 0 fully saturated rings. The largest absolute Gasteiger partial charge is 0.383 e. The fraction of sp³-hybridized carbons (Fsp3) is 0.176. The summed E-state index contributed by atoms with van der Waals surface area (Å²) in [5.41, 5.74) is 1.57. The second-order valence-electron chi connectivity index (χ2n) is 4.79. The lowest BCUT2D eigenvalue weighted by Crippen LogP contribution is -2.31. The van der Waals surface area contributed by atoms with Crippen molar-refractivity contribution in [3.05, 3.63) is 64.7 Å². The van der Waals surface area contributed by atoms with Crippen molar-refractivity contribution in [1.29, 1.82) is 0 Å². The summed E-state index contributed by atoms with van der Waals surface area (Å²) in [7, 11) is 1.56. The number of carbonyl (C=O) groups excluding carboxylic acids is 2. The van der Waals surface area contributed by atoms with Gasteiger partial charge in [-0.1, -0.05) is 23.7 Å². The molecule has 0 saturated carbocycles. The van der Waals surface area contributed by atoms with E-state index in [2.05, 4.69) is 10.6 Å². The van der Waals surface area contributed by atoms with E-state index >= 15 is 0 Å².